The average Bonchev–Trinajstić information content (AvgIpc) is 3.30. The van der Waals surface area contributed by atoms with Crippen LogP contribution in [0, 0.1) is 6.92 Å². The number of nitrogens with two attached hydrogens (primary N) is 1. The Morgan fingerprint density at radius 1 is 1.28 bits per heavy atom. The zero-order valence-corrected chi connectivity index (χ0v) is 15.4. The van der Waals surface area contributed by atoms with E-state index < -0.39 is 0 Å². The lowest BCUT2D eigenvalue weighted by molar-refractivity contribution is 0.103. The highest BCUT2D eigenvalue weighted by molar-refractivity contribution is 7.20. The Labute approximate surface area is 152 Å². The third-order valence-corrected chi connectivity index (χ3v) is 6.15. The van der Waals surface area contributed by atoms with Gasteiger partial charge in [-0.25, -0.2) is 0 Å². The summed E-state index contributed by atoms with van der Waals surface area (Å²) in [6.07, 6.45) is 0. The summed E-state index contributed by atoms with van der Waals surface area (Å²) in [5, 5.41) is 10.3. The van der Waals surface area contributed by atoms with Crippen LogP contribution in [0.15, 0.2) is 41.8 Å². The highest BCUT2D eigenvalue weighted by Gasteiger charge is 2.16. The first-order valence-electron chi connectivity index (χ1n) is 7.71. The Hall–Kier alpha value is -2.64. The van der Waals surface area contributed by atoms with Crippen molar-refractivity contribution < 1.29 is 4.79 Å². The highest BCUT2D eigenvalue weighted by Crippen LogP contribution is 2.32. The molecule has 0 bridgehead atoms. The molecular formula is C18H16N4OS2. The molecule has 5 nitrogen and oxygen atoms in total. The van der Waals surface area contributed by atoms with Crippen LogP contribution in [0.2, 0.25) is 0 Å². The van der Waals surface area contributed by atoms with Gasteiger partial charge >= 0.3 is 0 Å². The molecule has 0 spiro atoms. The molecule has 3 N–H and O–H groups in total. The van der Waals surface area contributed by atoms with Crippen molar-refractivity contribution in [2.45, 2.75) is 6.92 Å². The smallest absolute Gasteiger partial charge is 0.265 e. The van der Waals surface area contributed by atoms with Crippen molar-refractivity contribution in [2.75, 3.05) is 11.1 Å². The topological polar surface area (TPSA) is 72.9 Å². The maximum atomic E-state index is 12.7. The predicted molar refractivity (Wildman–Crippen MR) is 105 cm³/mol. The number of nitrogens with one attached hydrogen (secondary N) is 1. The molecule has 7 heteroatoms. The molecule has 0 aliphatic rings. The predicted octanol–water partition coefficient (Wildman–Crippen LogP) is 4.51. The Bertz CT molecular complexity index is 1040. The van der Waals surface area contributed by atoms with E-state index in [0.29, 0.717) is 16.3 Å². The third kappa shape index (κ3) is 2.81. The molecule has 3 heterocycles. The molecular weight excluding hydrogens is 352 g/mol. The molecule has 3 aromatic heterocycles. The molecule has 0 radical (unpaired) electrons. The van der Waals surface area contributed by atoms with Gasteiger partial charge in [-0.3, -0.25) is 9.48 Å². The van der Waals surface area contributed by atoms with Gasteiger partial charge in [-0.15, -0.1) is 22.7 Å². The Morgan fingerprint density at radius 2 is 2.12 bits per heavy atom. The van der Waals surface area contributed by atoms with Crippen LogP contribution in [0.25, 0.3) is 20.7 Å². The summed E-state index contributed by atoms with van der Waals surface area (Å²) >= 11 is 3.08. The summed E-state index contributed by atoms with van der Waals surface area (Å²) in [4.78, 5) is 15.4. The van der Waals surface area contributed by atoms with Gasteiger partial charge in [0.15, 0.2) is 0 Å². The normalized spacial score (nSPS) is 11.1. The van der Waals surface area contributed by atoms with Gasteiger partial charge in [0, 0.05) is 17.3 Å². The van der Waals surface area contributed by atoms with E-state index in [4.69, 9.17) is 5.73 Å². The molecule has 4 aromatic rings. The molecule has 0 saturated carbocycles. The van der Waals surface area contributed by atoms with E-state index in [1.165, 1.54) is 11.3 Å². The summed E-state index contributed by atoms with van der Waals surface area (Å²) in [7, 11) is 1.88. The fourth-order valence-electron chi connectivity index (χ4n) is 2.76. The Kier molecular flexibility index (Phi) is 3.82. The molecule has 1 amide bonds. The van der Waals surface area contributed by atoms with E-state index in [-0.39, 0.29) is 5.91 Å². The zero-order chi connectivity index (χ0) is 17.6. The van der Waals surface area contributed by atoms with E-state index in [1.54, 1.807) is 16.0 Å². The van der Waals surface area contributed by atoms with Crippen molar-refractivity contribution in [3.63, 3.8) is 0 Å². The average molecular weight is 368 g/mol. The lowest BCUT2D eigenvalue weighted by Crippen LogP contribution is -2.11. The number of anilines is 2. The first-order valence-corrected chi connectivity index (χ1v) is 9.40. The van der Waals surface area contributed by atoms with Crippen LogP contribution in [0.4, 0.5) is 11.4 Å². The van der Waals surface area contributed by atoms with E-state index in [2.05, 4.69) is 10.4 Å². The number of hydrogen-bond acceptors (Lipinski definition) is 5. The van der Waals surface area contributed by atoms with Crippen LogP contribution in [-0.2, 0) is 7.05 Å². The number of nitrogen functional groups attached to an aromatic ring is 1. The fraction of sp³-hybridized carbons (Fsp3) is 0.111. The standard InChI is InChI=1S/C18H16N4OS2/c1-10-12-9-16(25-18(12)22(2)21-10)17(23)20-14-8-11(5-6-13(14)19)15-4-3-7-24-15/h3-9H,19H2,1-2H3,(H,20,23). The second-order valence-electron chi connectivity index (χ2n) is 5.77. The number of carbonyl (C=O) groups excluding carboxylic acids is 1. The van der Waals surface area contributed by atoms with Gasteiger partial charge in [0.25, 0.3) is 5.91 Å². The summed E-state index contributed by atoms with van der Waals surface area (Å²) in [5.41, 5.74) is 9.19. The van der Waals surface area contributed by atoms with Gasteiger partial charge < -0.3 is 11.1 Å². The number of rotatable bonds is 3. The zero-order valence-electron chi connectivity index (χ0n) is 13.7. The summed E-state index contributed by atoms with van der Waals surface area (Å²) in [5.74, 6) is -0.157. The van der Waals surface area contributed by atoms with Crippen molar-refractivity contribution in [1.82, 2.24) is 9.78 Å². The van der Waals surface area contributed by atoms with Crippen molar-refractivity contribution >= 4 is 50.2 Å². The molecule has 0 saturated heterocycles. The van der Waals surface area contributed by atoms with Gasteiger partial charge in [-0.2, -0.15) is 5.10 Å². The number of aromatic nitrogens is 2. The number of amides is 1. The van der Waals surface area contributed by atoms with Crippen molar-refractivity contribution in [3.05, 3.63) is 52.3 Å². The third-order valence-electron chi connectivity index (χ3n) is 4.03. The monoisotopic (exact) mass is 368 g/mol. The fourth-order valence-corrected chi connectivity index (χ4v) is 4.50. The molecule has 0 unspecified atom stereocenters. The summed E-state index contributed by atoms with van der Waals surface area (Å²) in [6.45, 7) is 1.94. The second kappa shape index (κ2) is 6.02. The minimum absolute atomic E-state index is 0.157. The quantitative estimate of drug-likeness (QED) is 0.523. The first-order chi connectivity index (χ1) is 12.0. The molecule has 4 rings (SSSR count). The maximum absolute atomic E-state index is 12.7. The molecule has 0 aliphatic carbocycles. The molecule has 0 fully saturated rings. The molecule has 1 aromatic carbocycles. The van der Waals surface area contributed by atoms with Gasteiger partial charge in [0.1, 0.15) is 4.83 Å². The molecule has 0 aliphatic heterocycles. The van der Waals surface area contributed by atoms with Crippen LogP contribution in [0.3, 0.4) is 0 Å². The van der Waals surface area contributed by atoms with Gasteiger partial charge in [-0.05, 0) is 42.1 Å². The highest BCUT2D eigenvalue weighted by atomic mass is 32.1. The number of fused-ring (bicyclic) bond motifs is 1. The Balaban J connectivity index is 1.65. The van der Waals surface area contributed by atoms with E-state index in [9.17, 15) is 4.79 Å². The first kappa shape index (κ1) is 15.9. The van der Waals surface area contributed by atoms with Crippen molar-refractivity contribution in [2.24, 2.45) is 7.05 Å². The lowest BCUT2D eigenvalue weighted by Gasteiger charge is -2.09. The maximum Gasteiger partial charge on any atom is 0.265 e. The molecule has 25 heavy (non-hydrogen) atoms. The van der Waals surface area contributed by atoms with E-state index >= 15 is 0 Å². The van der Waals surface area contributed by atoms with Crippen LogP contribution in [0.5, 0.6) is 0 Å². The minimum atomic E-state index is -0.157. The molecule has 0 atom stereocenters. The van der Waals surface area contributed by atoms with Gasteiger partial charge in [0.2, 0.25) is 0 Å². The number of carbonyl (C=O) groups is 1. The number of nitrogens with zero attached hydrogens (tertiary/aromatic N) is 2. The summed E-state index contributed by atoms with van der Waals surface area (Å²) in [6, 6.07) is 11.6. The van der Waals surface area contributed by atoms with E-state index in [1.807, 2.05) is 55.7 Å². The van der Waals surface area contributed by atoms with Gasteiger partial charge in [0.05, 0.1) is 21.9 Å². The number of hydrogen-bond donors (Lipinski definition) is 2. The lowest BCUT2D eigenvalue weighted by atomic mass is 10.1. The van der Waals surface area contributed by atoms with Crippen LogP contribution in [-0.4, -0.2) is 15.7 Å². The minimum Gasteiger partial charge on any atom is -0.397 e. The van der Waals surface area contributed by atoms with E-state index in [0.717, 1.165) is 26.4 Å². The van der Waals surface area contributed by atoms with Crippen molar-refractivity contribution in [3.8, 4) is 10.4 Å². The second-order valence-corrected chi connectivity index (χ2v) is 7.75. The van der Waals surface area contributed by atoms with Crippen LogP contribution >= 0.6 is 22.7 Å². The number of aryl methyl sites for hydroxylation is 2. The largest absolute Gasteiger partial charge is 0.397 e. The van der Waals surface area contributed by atoms with Crippen LogP contribution < -0.4 is 11.1 Å². The van der Waals surface area contributed by atoms with Gasteiger partial charge in [-0.1, -0.05) is 12.1 Å². The van der Waals surface area contributed by atoms with Crippen molar-refractivity contribution in [1.29, 1.82) is 0 Å². The Morgan fingerprint density at radius 3 is 2.84 bits per heavy atom. The number of thiophene rings is 2. The molecule has 126 valence electrons. The summed E-state index contributed by atoms with van der Waals surface area (Å²) < 4.78 is 1.80. The van der Waals surface area contributed by atoms with Crippen LogP contribution in [0.1, 0.15) is 15.4 Å². The number of benzene rings is 1. The SMILES string of the molecule is Cc1nn(C)c2sc(C(=O)Nc3cc(-c4cccs4)ccc3N)cc12.